The number of rotatable bonds is 3. The van der Waals surface area contributed by atoms with Crippen LogP contribution in [0.5, 0.6) is 0 Å². The summed E-state index contributed by atoms with van der Waals surface area (Å²) >= 11 is 0. The van der Waals surface area contributed by atoms with Crippen molar-refractivity contribution in [1.82, 2.24) is 0 Å². The highest BCUT2D eigenvalue weighted by atomic mass is 19.3. The lowest BCUT2D eigenvalue weighted by Gasteiger charge is -2.19. The number of halogens is 2. The lowest BCUT2D eigenvalue weighted by molar-refractivity contribution is -0.0567. The van der Waals surface area contributed by atoms with E-state index in [9.17, 15) is 8.78 Å². The summed E-state index contributed by atoms with van der Waals surface area (Å²) in [6.07, 6.45) is 2.15. The highest BCUT2D eigenvalue weighted by Crippen LogP contribution is 2.41. The Bertz CT molecular complexity index is 114. The normalized spacial score (nSPS) is 20.1. The monoisotopic (exact) mass is 148 g/mol. The molecule has 0 heterocycles. The lowest BCUT2D eigenvalue weighted by Crippen LogP contribution is -2.24. The molecule has 1 rings (SSSR count). The second-order valence-electron chi connectivity index (χ2n) is 3.56. The molecule has 2 heteroatoms. The molecular formula is C8H14F2. The van der Waals surface area contributed by atoms with Crippen LogP contribution in [0.3, 0.4) is 0 Å². The summed E-state index contributed by atoms with van der Waals surface area (Å²) in [6.45, 7) is 3.17. The van der Waals surface area contributed by atoms with Gasteiger partial charge in [0.25, 0.3) is 5.92 Å². The molecule has 1 aliphatic rings. The molecule has 1 saturated carbocycles. The number of hydrogen-bond acceptors (Lipinski definition) is 0. The zero-order valence-electron chi connectivity index (χ0n) is 6.53. The van der Waals surface area contributed by atoms with E-state index in [2.05, 4.69) is 0 Å². The fraction of sp³-hybridized carbons (Fsp3) is 1.00. The van der Waals surface area contributed by atoms with Gasteiger partial charge in [0.2, 0.25) is 0 Å². The molecular weight excluding hydrogens is 134 g/mol. The third kappa shape index (κ3) is 1.93. The van der Waals surface area contributed by atoms with Crippen molar-refractivity contribution in [3.05, 3.63) is 0 Å². The van der Waals surface area contributed by atoms with Crippen molar-refractivity contribution >= 4 is 0 Å². The zero-order valence-corrected chi connectivity index (χ0v) is 6.53. The van der Waals surface area contributed by atoms with E-state index in [0.717, 1.165) is 12.8 Å². The van der Waals surface area contributed by atoms with Crippen LogP contribution in [0.15, 0.2) is 0 Å². The Kier molecular flexibility index (Phi) is 1.97. The Balaban J connectivity index is 2.33. The summed E-state index contributed by atoms with van der Waals surface area (Å²) in [5.41, 5.74) is 0. The molecule has 0 atom stereocenters. The molecule has 10 heavy (non-hydrogen) atoms. The number of hydrogen-bond donors (Lipinski definition) is 0. The van der Waals surface area contributed by atoms with Crippen LogP contribution < -0.4 is 0 Å². The van der Waals surface area contributed by atoms with Gasteiger partial charge in [-0.05, 0) is 18.8 Å². The van der Waals surface area contributed by atoms with Crippen molar-refractivity contribution in [2.24, 2.45) is 11.8 Å². The fourth-order valence-electron chi connectivity index (χ4n) is 0.943. The van der Waals surface area contributed by atoms with Crippen LogP contribution in [0.2, 0.25) is 0 Å². The summed E-state index contributed by atoms with van der Waals surface area (Å²) in [6, 6.07) is 0. The van der Waals surface area contributed by atoms with Gasteiger partial charge in [0.1, 0.15) is 0 Å². The summed E-state index contributed by atoms with van der Waals surface area (Å²) in [4.78, 5) is 0. The highest BCUT2D eigenvalue weighted by molar-refractivity contribution is 4.82. The quantitative estimate of drug-likeness (QED) is 0.577. The Morgan fingerprint density at radius 3 is 2.20 bits per heavy atom. The van der Waals surface area contributed by atoms with Crippen LogP contribution >= 0.6 is 0 Å². The molecule has 0 bridgehead atoms. The van der Waals surface area contributed by atoms with Crippen molar-refractivity contribution in [2.75, 3.05) is 0 Å². The first-order valence-electron chi connectivity index (χ1n) is 3.90. The third-order valence-electron chi connectivity index (χ3n) is 2.10. The molecule has 0 aliphatic heterocycles. The molecule has 1 fully saturated rings. The van der Waals surface area contributed by atoms with Gasteiger partial charge >= 0.3 is 0 Å². The second-order valence-corrected chi connectivity index (χ2v) is 3.56. The first kappa shape index (κ1) is 7.96. The zero-order chi connectivity index (χ0) is 7.78. The van der Waals surface area contributed by atoms with Crippen LogP contribution in [-0.2, 0) is 0 Å². The van der Waals surface area contributed by atoms with Crippen LogP contribution in [0, 0.1) is 11.8 Å². The molecule has 0 spiro atoms. The molecule has 0 aromatic rings. The van der Waals surface area contributed by atoms with Crippen LogP contribution in [-0.4, -0.2) is 5.92 Å². The van der Waals surface area contributed by atoms with Gasteiger partial charge in [-0.1, -0.05) is 13.8 Å². The molecule has 0 saturated heterocycles. The summed E-state index contributed by atoms with van der Waals surface area (Å²) in [5.74, 6) is -2.58. The van der Waals surface area contributed by atoms with E-state index in [0.29, 0.717) is 5.92 Å². The largest absolute Gasteiger partial charge is 0.250 e. The molecule has 0 unspecified atom stereocenters. The Labute approximate surface area is 60.6 Å². The van der Waals surface area contributed by atoms with Gasteiger partial charge in [0.05, 0.1) is 0 Å². The predicted octanol–water partition coefficient (Wildman–Crippen LogP) is 3.08. The van der Waals surface area contributed by atoms with Crippen molar-refractivity contribution in [3.8, 4) is 0 Å². The lowest BCUT2D eigenvalue weighted by atomic mass is 10.0. The molecule has 60 valence electrons. The van der Waals surface area contributed by atoms with Crippen molar-refractivity contribution in [2.45, 2.75) is 39.0 Å². The minimum atomic E-state index is -2.42. The Morgan fingerprint density at radius 1 is 1.40 bits per heavy atom. The van der Waals surface area contributed by atoms with Gasteiger partial charge in [-0.3, -0.25) is 0 Å². The standard InChI is InChI=1S/C8H14F2/c1-6(2)8(9,10)5-7-3-4-7/h6-7H,3-5H2,1-2H3. The molecule has 0 aromatic carbocycles. The summed E-state index contributed by atoms with van der Waals surface area (Å²) in [7, 11) is 0. The van der Waals surface area contributed by atoms with E-state index < -0.39 is 11.8 Å². The fourth-order valence-corrected chi connectivity index (χ4v) is 0.943. The maximum absolute atomic E-state index is 12.8. The van der Waals surface area contributed by atoms with Crippen molar-refractivity contribution in [1.29, 1.82) is 0 Å². The topological polar surface area (TPSA) is 0 Å². The molecule has 0 aromatic heterocycles. The van der Waals surface area contributed by atoms with E-state index in [4.69, 9.17) is 0 Å². The molecule has 0 amide bonds. The van der Waals surface area contributed by atoms with E-state index in [1.165, 1.54) is 0 Å². The molecule has 0 nitrogen and oxygen atoms in total. The first-order chi connectivity index (χ1) is 4.52. The average Bonchev–Trinajstić information content (AvgIpc) is 2.48. The van der Waals surface area contributed by atoms with E-state index in [1.807, 2.05) is 0 Å². The highest BCUT2D eigenvalue weighted by Gasteiger charge is 2.39. The minimum absolute atomic E-state index is 0.116. The van der Waals surface area contributed by atoms with Crippen LogP contribution in [0.1, 0.15) is 33.1 Å². The molecule has 0 N–H and O–H groups in total. The molecule has 0 radical (unpaired) electrons. The van der Waals surface area contributed by atoms with Gasteiger partial charge in [-0.25, -0.2) is 8.78 Å². The van der Waals surface area contributed by atoms with Crippen LogP contribution in [0.4, 0.5) is 8.78 Å². The average molecular weight is 148 g/mol. The maximum atomic E-state index is 12.8. The summed E-state index contributed by atoms with van der Waals surface area (Å²) < 4.78 is 25.7. The van der Waals surface area contributed by atoms with E-state index in [1.54, 1.807) is 13.8 Å². The van der Waals surface area contributed by atoms with Gasteiger partial charge in [-0.15, -0.1) is 0 Å². The Morgan fingerprint density at radius 2 is 1.90 bits per heavy atom. The van der Waals surface area contributed by atoms with E-state index >= 15 is 0 Å². The van der Waals surface area contributed by atoms with Crippen LogP contribution in [0.25, 0.3) is 0 Å². The smallest absolute Gasteiger partial charge is 0.207 e. The maximum Gasteiger partial charge on any atom is 0.250 e. The van der Waals surface area contributed by atoms with Crippen molar-refractivity contribution in [3.63, 3.8) is 0 Å². The molecule has 1 aliphatic carbocycles. The predicted molar refractivity (Wildman–Crippen MR) is 37.1 cm³/mol. The Hall–Kier alpha value is -0.140. The van der Waals surface area contributed by atoms with Crippen molar-refractivity contribution < 1.29 is 8.78 Å². The number of alkyl halides is 2. The third-order valence-corrected chi connectivity index (χ3v) is 2.10. The van der Waals surface area contributed by atoms with E-state index in [-0.39, 0.29) is 6.42 Å². The minimum Gasteiger partial charge on any atom is -0.207 e. The van der Waals surface area contributed by atoms with Gasteiger partial charge in [0.15, 0.2) is 0 Å². The first-order valence-corrected chi connectivity index (χ1v) is 3.90. The summed E-state index contributed by atoms with van der Waals surface area (Å²) in [5, 5.41) is 0. The van der Waals surface area contributed by atoms with Gasteiger partial charge < -0.3 is 0 Å². The van der Waals surface area contributed by atoms with Gasteiger partial charge in [-0.2, -0.15) is 0 Å². The van der Waals surface area contributed by atoms with Gasteiger partial charge in [0, 0.05) is 12.3 Å². The SMILES string of the molecule is CC(C)C(F)(F)CC1CC1. The second kappa shape index (κ2) is 2.48.